The monoisotopic (exact) mass is 286 g/mol. The van der Waals surface area contributed by atoms with Crippen LogP contribution in [0.1, 0.15) is 24.2 Å². The number of rotatable bonds is 6. The van der Waals surface area contributed by atoms with Crippen molar-refractivity contribution in [3.05, 3.63) is 33.6 Å². The number of carboxylic acid groups (broad SMARTS) is 1. The number of nitrogens with one attached hydrogen (secondary N) is 1. The van der Waals surface area contributed by atoms with Gasteiger partial charge in [0.25, 0.3) is 5.69 Å². The van der Waals surface area contributed by atoms with Gasteiger partial charge in [-0.2, -0.15) is 0 Å². The molecule has 110 valence electrons. The van der Waals surface area contributed by atoms with E-state index in [1.807, 2.05) is 0 Å². The molecule has 0 aliphatic heterocycles. The zero-order chi connectivity index (χ0) is 15.4. The van der Waals surface area contributed by atoms with Gasteiger partial charge in [-0.25, -0.2) is 9.18 Å². The summed E-state index contributed by atoms with van der Waals surface area (Å²) in [6.07, 6.45) is 0. The van der Waals surface area contributed by atoms with E-state index in [-0.39, 0.29) is 24.3 Å². The Morgan fingerprint density at radius 1 is 1.50 bits per heavy atom. The molecule has 0 saturated carbocycles. The van der Waals surface area contributed by atoms with Crippen LogP contribution in [-0.2, 0) is 0 Å². The van der Waals surface area contributed by atoms with Gasteiger partial charge >= 0.3 is 5.97 Å². The van der Waals surface area contributed by atoms with Crippen LogP contribution in [0, 0.1) is 21.8 Å². The number of aliphatic hydroxyl groups excluding tert-OH is 1. The predicted molar refractivity (Wildman–Crippen MR) is 69.3 cm³/mol. The average Bonchev–Trinajstić information content (AvgIpc) is 2.38. The van der Waals surface area contributed by atoms with Gasteiger partial charge in [-0.1, -0.05) is 6.92 Å². The number of carbonyl (C=O) groups is 1. The molecule has 0 aliphatic carbocycles. The second-order valence-electron chi connectivity index (χ2n) is 4.50. The van der Waals surface area contributed by atoms with E-state index in [9.17, 15) is 19.3 Å². The van der Waals surface area contributed by atoms with E-state index in [1.165, 1.54) is 0 Å². The Kier molecular flexibility index (Phi) is 4.98. The molecule has 0 heterocycles. The number of halogens is 1. The SMILES string of the molecule is CC(CO)C(C)Nc1cc(C(=O)O)c([N+](=O)[O-])cc1F. The van der Waals surface area contributed by atoms with Gasteiger partial charge in [0.2, 0.25) is 0 Å². The van der Waals surface area contributed by atoms with E-state index < -0.39 is 28.0 Å². The maximum Gasteiger partial charge on any atom is 0.342 e. The molecule has 0 fully saturated rings. The molecule has 0 bridgehead atoms. The molecule has 0 spiro atoms. The molecule has 2 unspecified atom stereocenters. The summed E-state index contributed by atoms with van der Waals surface area (Å²) in [4.78, 5) is 20.7. The standard InChI is InChI=1S/C12H15FN2O5/c1-6(5-16)7(2)14-10-3-8(12(17)18)11(15(19)20)4-9(10)13/h3-4,6-7,14,16H,5H2,1-2H3,(H,17,18). The maximum absolute atomic E-state index is 13.8. The first-order chi connectivity index (χ1) is 9.27. The van der Waals surface area contributed by atoms with Gasteiger partial charge in [0.1, 0.15) is 5.56 Å². The summed E-state index contributed by atoms with van der Waals surface area (Å²) in [6, 6.07) is 1.12. The summed E-state index contributed by atoms with van der Waals surface area (Å²) >= 11 is 0. The summed E-state index contributed by atoms with van der Waals surface area (Å²) in [6.45, 7) is 3.27. The highest BCUT2D eigenvalue weighted by Crippen LogP contribution is 2.27. The van der Waals surface area contributed by atoms with Gasteiger partial charge in [0.05, 0.1) is 16.7 Å². The van der Waals surface area contributed by atoms with Gasteiger partial charge in [-0.05, 0) is 18.9 Å². The number of hydrogen-bond acceptors (Lipinski definition) is 5. The van der Waals surface area contributed by atoms with Crippen molar-refractivity contribution in [2.45, 2.75) is 19.9 Å². The fourth-order valence-electron chi connectivity index (χ4n) is 1.54. The van der Waals surface area contributed by atoms with Crippen LogP contribution in [0.15, 0.2) is 12.1 Å². The topological polar surface area (TPSA) is 113 Å². The van der Waals surface area contributed by atoms with Crippen LogP contribution >= 0.6 is 0 Å². The van der Waals surface area contributed by atoms with Crippen molar-refractivity contribution in [2.24, 2.45) is 5.92 Å². The first-order valence-corrected chi connectivity index (χ1v) is 5.86. The number of hydrogen-bond donors (Lipinski definition) is 3. The Morgan fingerprint density at radius 2 is 2.10 bits per heavy atom. The maximum atomic E-state index is 13.8. The lowest BCUT2D eigenvalue weighted by Crippen LogP contribution is -2.26. The first kappa shape index (κ1) is 15.8. The summed E-state index contributed by atoms with van der Waals surface area (Å²) in [5, 5.41) is 31.3. The molecule has 2 atom stereocenters. The van der Waals surface area contributed by atoms with Gasteiger partial charge < -0.3 is 15.5 Å². The Hall–Kier alpha value is -2.22. The van der Waals surface area contributed by atoms with Crippen molar-refractivity contribution in [3.63, 3.8) is 0 Å². The van der Waals surface area contributed by atoms with Gasteiger partial charge in [0, 0.05) is 12.6 Å². The molecule has 7 nitrogen and oxygen atoms in total. The second-order valence-corrected chi connectivity index (χ2v) is 4.50. The number of aliphatic hydroxyl groups is 1. The first-order valence-electron chi connectivity index (χ1n) is 5.86. The average molecular weight is 286 g/mol. The van der Waals surface area contributed by atoms with Crippen LogP contribution < -0.4 is 5.32 Å². The van der Waals surface area contributed by atoms with Crippen LogP contribution in [0.4, 0.5) is 15.8 Å². The third-order valence-corrected chi connectivity index (χ3v) is 3.04. The fraction of sp³-hybridized carbons (Fsp3) is 0.417. The minimum Gasteiger partial charge on any atom is -0.477 e. The lowest BCUT2D eigenvalue weighted by atomic mass is 10.0. The molecule has 0 saturated heterocycles. The van der Waals surface area contributed by atoms with Crippen LogP contribution in [0.2, 0.25) is 0 Å². The van der Waals surface area contributed by atoms with Gasteiger partial charge in [-0.3, -0.25) is 10.1 Å². The quantitative estimate of drug-likeness (QED) is 0.543. The van der Waals surface area contributed by atoms with Gasteiger partial charge in [-0.15, -0.1) is 0 Å². The molecule has 0 aliphatic rings. The molecule has 3 N–H and O–H groups in total. The highest BCUT2D eigenvalue weighted by atomic mass is 19.1. The van der Waals surface area contributed by atoms with Crippen molar-refractivity contribution in [1.29, 1.82) is 0 Å². The van der Waals surface area contributed by atoms with Crippen molar-refractivity contribution in [3.8, 4) is 0 Å². The number of nitro benzene ring substituents is 1. The largest absolute Gasteiger partial charge is 0.477 e. The highest BCUT2D eigenvalue weighted by Gasteiger charge is 2.24. The van der Waals surface area contributed by atoms with E-state index in [0.717, 1.165) is 6.07 Å². The fourth-order valence-corrected chi connectivity index (χ4v) is 1.54. The minimum atomic E-state index is -1.51. The smallest absolute Gasteiger partial charge is 0.342 e. The Morgan fingerprint density at radius 3 is 2.55 bits per heavy atom. The number of benzene rings is 1. The molecule has 20 heavy (non-hydrogen) atoms. The van der Waals surface area contributed by atoms with Crippen molar-refractivity contribution >= 4 is 17.3 Å². The van der Waals surface area contributed by atoms with Crippen molar-refractivity contribution in [2.75, 3.05) is 11.9 Å². The van der Waals surface area contributed by atoms with Crippen LogP contribution in [0.5, 0.6) is 0 Å². The Balaban J connectivity index is 3.19. The van der Waals surface area contributed by atoms with Crippen molar-refractivity contribution in [1.82, 2.24) is 0 Å². The molecular weight excluding hydrogens is 271 g/mol. The van der Waals surface area contributed by atoms with Gasteiger partial charge in [0.15, 0.2) is 5.82 Å². The summed E-state index contributed by atoms with van der Waals surface area (Å²) in [5.74, 6) is -2.63. The van der Waals surface area contributed by atoms with E-state index >= 15 is 0 Å². The number of carboxylic acids is 1. The number of aromatic carboxylic acids is 1. The zero-order valence-electron chi connectivity index (χ0n) is 11.0. The van der Waals surface area contributed by atoms with E-state index in [4.69, 9.17) is 10.2 Å². The van der Waals surface area contributed by atoms with E-state index in [1.54, 1.807) is 13.8 Å². The second kappa shape index (κ2) is 6.29. The lowest BCUT2D eigenvalue weighted by Gasteiger charge is -2.21. The molecule has 1 aromatic rings. The number of nitro groups is 1. The van der Waals surface area contributed by atoms with Crippen LogP contribution in [-0.4, -0.2) is 33.8 Å². The lowest BCUT2D eigenvalue weighted by molar-refractivity contribution is -0.385. The highest BCUT2D eigenvalue weighted by molar-refractivity contribution is 5.93. The molecule has 8 heteroatoms. The minimum absolute atomic E-state index is 0.130. The summed E-state index contributed by atoms with van der Waals surface area (Å²) in [7, 11) is 0. The molecule has 1 rings (SSSR count). The third-order valence-electron chi connectivity index (χ3n) is 3.04. The summed E-state index contributed by atoms with van der Waals surface area (Å²) in [5.41, 5.74) is -1.55. The van der Waals surface area contributed by atoms with Crippen molar-refractivity contribution < 1.29 is 24.3 Å². The van der Waals surface area contributed by atoms with Crippen LogP contribution in [0.3, 0.4) is 0 Å². The Bertz CT molecular complexity index is 535. The Labute approximate surface area is 114 Å². The molecule has 0 amide bonds. The third kappa shape index (κ3) is 3.41. The normalized spacial score (nSPS) is 13.6. The number of anilines is 1. The molecule has 1 aromatic carbocycles. The summed E-state index contributed by atoms with van der Waals surface area (Å²) < 4.78 is 13.8. The number of nitrogens with zero attached hydrogens (tertiary/aromatic N) is 1. The zero-order valence-corrected chi connectivity index (χ0v) is 11.0. The van der Waals surface area contributed by atoms with Crippen LogP contribution in [0.25, 0.3) is 0 Å². The van der Waals surface area contributed by atoms with E-state index in [2.05, 4.69) is 5.32 Å². The molecular formula is C12H15FN2O5. The molecule has 0 radical (unpaired) electrons. The predicted octanol–water partition coefficient (Wildman–Crippen LogP) is 1.86. The van der Waals surface area contributed by atoms with E-state index in [0.29, 0.717) is 6.07 Å². The molecule has 0 aromatic heterocycles.